The number of benzene rings is 2. The molecular formula is C14H12INO2. The Hall–Kier alpha value is -1.56. The number of amides is 1. The molecule has 2 rings (SSSR count). The average Bonchev–Trinajstić information content (AvgIpc) is 2.39. The number of nitrogens with one attached hydrogen (secondary N) is 1. The summed E-state index contributed by atoms with van der Waals surface area (Å²) in [5, 5.41) is 2.85. The Morgan fingerprint density at radius 3 is 2.50 bits per heavy atom. The first kappa shape index (κ1) is 12.9. The number of halogens is 1. The predicted octanol–water partition coefficient (Wildman–Crippen LogP) is 3.55. The van der Waals surface area contributed by atoms with Gasteiger partial charge < -0.3 is 10.1 Å². The van der Waals surface area contributed by atoms with Crippen LogP contribution in [0.2, 0.25) is 0 Å². The van der Waals surface area contributed by atoms with Crippen LogP contribution in [0.4, 0.5) is 5.69 Å². The molecule has 0 aromatic heterocycles. The zero-order valence-electron chi connectivity index (χ0n) is 9.81. The highest BCUT2D eigenvalue weighted by atomic mass is 127. The van der Waals surface area contributed by atoms with Crippen molar-refractivity contribution in [2.24, 2.45) is 0 Å². The van der Waals surface area contributed by atoms with Crippen LogP contribution in [0, 0.1) is 3.57 Å². The lowest BCUT2D eigenvalue weighted by atomic mass is 10.2. The Kier molecular flexibility index (Phi) is 4.19. The number of anilines is 1. The minimum atomic E-state index is -0.125. The molecule has 0 heterocycles. The van der Waals surface area contributed by atoms with Crippen LogP contribution in [0.3, 0.4) is 0 Å². The van der Waals surface area contributed by atoms with Gasteiger partial charge in [0.2, 0.25) is 0 Å². The number of hydrogen-bond donors (Lipinski definition) is 1. The Balaban J connectivity index is 2.11. The molecule has 2 aromatic carbocycles. The SMILES string of the molecule is COc1ccc(C(=O)Nc2cccc(I)c2)cc1. The van der Waals surface area contributed by atoms with E-state index in [9.17, 15) is 4.79 Å². The third-order valence-electron chi connectivity index (χ3n) is 2.43. The number of carbonyl (C=O) groups is 1. The molecule has 0 atom stereocenters. The average molecular weight is 353 g/mol. The molecule has 3 nitrogen and oxygen atoms in total. The molecule has 0 radical (unpaired) electrons. The van der Waals surface area contributed by atoms with E-state index in [-0.39, 0.29) is 5.91 Å². The Bertz CT molecular complexity index is 552. The summed E-state index contributed by atoms with van der Waals surface area (Å²) in [5.41, 5.74) is 1.40. The normalized spacial score (nSPS) is 9.89. The Morgan fingerprint density at radius 1 is 1.17 bits per heavy atom. The van der Waals surface area contributed by atoms with Crippen molar-refractivity contribution in [2.45, 2.75) is 0 Å². The fourth-order valence-electron chi connectivity index (χ4n) is 1.51. The molecule has 1 amide bonds. The molecule has 0 bridgehead atoms. The summed E-state index contributed by atoms with van der Waals surface area (Å²) in [7, 11) is 1.60. The highest BCUT2D eigenvalue weighted by Gasteiger charge is 2.06. The number of carbonyl (C=O) groups excluding carboxylic acids is 1. The van der Waals surface area contributed by atoms with Crippen molar-refractivity contribution in [3.8, 4) is 5.75 Å². The molecule has 0 saturated carbocycles. The van der Waals surface area contributed by atoms with Gasteiger partial charge in [0.1, 0.15) is 5.75 Å². The van der Waals surface area contributed by atoms with Gasteiger partial charge in [0.15, 0.2) is 0 Å². The van der Waals surface area contributed by atoms with Crippen LogP contribution in [0.1, 0.15) is 10.4 Å². The van der Waals surface area contributed by atoms with Gasteiger partial charge in [-0.15, -0.1) is 0 Å². The molecule has 4 heteroatoms. The summed E-state index contributed by atoms with van der Waals surface area (Å²) in [6.45, 7) is 0. The maximum atomic E-state index is 12.0. The molecule has 0 aliphatic carbocycles. The van der Waals surface area contributed by atoms with E-state index in [2.05, 4.69) is 27.9 Å². The van der Waals surface area contributed by atoms with Crippen LogP contribution < -0.4 is 10.1 Å². The molecule has 0 fully saturated rings. The Labute approximate surface area is 119 Å². The van der Waals surface area contributed by atoms with Crippen molar-refractivity contribution < 1.29 is 9.53 Å². The first-order valence-corrected chi connectivity index (χ1v) is 6.48. The number of ether oxygens (including phenoxy) is 1. The monoisotopic (exact) mass is 353 g/mol. The van der Waals surface area contributed by atoms with Gasteiger partial charge in [-0.05, 0) is 65.1 Å². The predicted molar refractivity (Wildman–Crippen MR) is 80.1 cm³/mol. The number of hydrogen-bond acceptors (Lipinski definition) is 2. The summed E-state index contributed by atoms with van der Waals surface area (Å²) in [6.07, 6.45) is 0. The van der Waals surface area contributed by atoms with Gasteiger partial charge in [-0.1, -0.05) is 6.07 Å². The highest BCUT2D eigenvalue weighted by Crippen LogP contribution is 2.15. The van der Waals surface area contributed by atoms with E-state index in [1.165, 1.54) is 0 Å². The van der Waals surface area contributed by atoms with E-state index in [0.29, 0.717) is 5.56 Å². The van der Waals surface area contributed by atoms with Crippen molar-refractivity contribution in [1.29, 1.82) is 0 Å². The van der Waals surface area contributed by atoms with Gasteiger partial charge >= 0.3 is 0 Å². The second-order valence-electron chi connectivity index (χ2n) is 3.69. The molecule has 18 heavy (non-hydrogen) atoms. The van der Waals surface area contributed by atoms with E-state index in [1.54, 1.807) is 31.4 Å². The lowest BCUT2D eigenvalue weighted by Crippen LogP contribution is -2.11. The zero-order valence-corrected chi connectivity index (χ0v) is 12.0. The van der Waals surface area contributed by atoms with Crippen LogP contribution in [-0.2, 0) is 0 Å². The van der Waals surface area contributed by atoms with Gasteiger partial charge in [0, 0.05) is 14.8 Å². The zero-order chi connectivity index (χ0) is 13.0. The maximum Gasteiger partial charge on any atom is 0.255 e. The summed E-state index contributed by atoms with van der Waals surface area (Å²) in [6, 6.07) is 14.7. The molecule has 92 valence electrons. The first-order chi connectivity index (χ1) is 8.69. The molecule has 0 spiro atoms. The molecular weight excluding hydrogens is 341 g/mol. The largest absolute Gasteiger partial charge is 0.497 e. The minimum Gasteiger partial charge on any atom is -0.497 e. The van der Waals surface area contributed by atoms with Crippen molar-refractivity contribution in [3.05, 3.63) is 57.7 Å². The molecule has 1 N–H and O–H groups in total. The van der Waals surface area contributed by atoms with E-state index in [0.717, 1.165) is 15.0 Å². The molecule has 0 saturated heterocycles. The minimum absolute atomic E-state index is 0.125. The second kappa shape index (κ2) is 5.86. The van der Waals surface area contributed by atoms with Crippen molar-refractivity contribution in [2.75, 3.05) is 12.4 Å². The lowest BCUT2D eigenvalue weighted by Gasteiger charge is -2.06. The number of rotatable bonds is 3. The summed E-state index contributed by atoms with van der Waals surface area (Å²) >= 11 is 2.21. The maximum absolute atomic E-state index is 12.0. The van der Waals surface area contributed by atoms with Gasteiger partial charge in [0.25, 0.3) is 5.91 Å². The molecule has 0 aliphatic rings. The van der Waals surface area contributed by atoms with Crippen molar-refractivity contribution in [3.63, 3.8) is 0 Å². The number of methoxy groups -OCH3 is 1. The quantitative estimate of drug-likeness (QED) is 0.857. The fraction of sp³-hybridized carbons (Fsp3) is 0.0714. The molecule has 2 aromatic rings. The standard InChI is InChI=1S/C14H12INO2/c1-18-13-7-5-10(6-8-13)14(17)16-12-4-2-3-11(15)9-12/h2-9H,1H3,(H,16,17). The first-order valence-electron chi connectivity index (χ1n) is 5.40. The van der Waals surface area contributed by atoms with Crippen LogP contribution in [0.5, 0.6) is 5.75 Å². The Morgan fingerprint density at radius 2 is 1.89 bits per heavy atom. The van der Waals surface area contributed by atoms with E-state index >= 15 is 0 Å². The van der Waals surface area contributed by atoms with Gasteiger partial charge in [-0.3, -0.25) is 4.79 Å². The van der Waals surface area contributed by atoms with Crippen molar-refractivity contribution >= 4 is 34.2 Å². The summed E-state index contributed by atoms with van der Waals surface area (Å²) in [5.74, 6) is 0.612. The highest BCUT2D eigenvalue weighted by molar-refractivity contribution is 14.1. The molecule has 0 unspecified atom stereocenters. The molecule has 0 aliphatic heterocycles. The van der Waals surface area contributed by atoms with E-state index in [4.69, 9.17) is 4.74 Å². The van der Waals surface area contributed by atoms with Crippen LogP contribution in [0.15, 0.2) is 48.5 Å². The second-order valence-corrected chi connectivity index (χ2v) is 4.94. The third kappa shape index (κ3) is 3.22. The van der Waals surface area contributed by atoms with Gasteiger partial charge in [-0.2, -0.15) is 0 Å². The van der Waals surface area contributed by atoms with E-state index in [1.807, 2.05) is 24.3 Å². The topological polar surface area (TPSA) is 38.3 Å². The summed E-state index contributed by atoms with van der Waals surface area (Å²) < 4.78 is 6.13. The van der Waals surface area contributed by atoms with Gasteiger partial charge in [0.05, 0.1) is 7.11 Å². The van der Waals surface area contributed by atoms with Crippen LogP contribution >= 0.6 is 22.6 Å². The van der Waals surface area contributed by atoms with Crippen molar-refractivity contribution in [1.82, 2.24) is 0 Å². The third-order valence-corrected chi connectivity index (χ3v) is 3.11. The lowest BCUT2D eigenvalue weighted by molar-refractivity contribution is 0.102. The van der Waals surface area contributed by atoms with E-state index < -0.39 is 0 Å². The van der Waals surface area contributed by atoms with Crippen LogP contribution in [-0.4, -0.2) is 13.0 Å². The van der Waals surface area contributed by atoms with Crippen LogP contribution in [0.25, 0.3) is 0 Å². The summed E-state index contributed by atoms with van der Waals surface area (Å²) in [4.78, 5) is 12.0. The van der Waals surface area contributed by atoms with Gasteiger partial charge in [-0.25, -0.2) is 0 Å². The smallest absolute Gasteiger partial charge is 0.255 e. The fourth-order valence-corrected chi connectivity index (χ4v) is 2.05.